The first-order valence-corrected chi connectivity index (χ1v) is 8.00. The molecule has 0 aliphatic carbocycles. The maximum Gasteiger partial charge on any atom is 0.261 e. The van der Waals surface area contributed by atoms with E-state index >= 15 is 0 Å². The number of carbonyl (C=O) groups excluding carboxylic acids is 1. The third-order valence-corrected chi connectivity index (χ3v) is 4.02. The second kappa shape index (κ2) is 7.80. The number of amides is 1. The molecule has 4 nitrogen and oxygen atoms in total. The summed E-state index contributed by atoms with van der Waals surface area (Å²) in [5.74, 6) is 0.569. The Morgan fingerprint density at radius 1 is 1.43 bits per heavy atom. The van der Waals surface area contributed by atoms with Crippen molar-refractivity contribution in [2.24, 2.45) is 0 Å². The van der Waals surface area contributed by atoms with E-state index < -0.39 is 6.10 Å². The van der Waals surface area contributed by atoms with E-state index in [4.69, 9.17) is 4.74 Å². The molecule has 1 amide bonds. The Bertz CT molecular complexity index is 489. The number of carbonyl (C=O) groups is 1. The van der Waals surface area contributed by atoms with Crippen molar-refractivity contribution in [3.05, 3.63) is 28.2 Å². The average Bonchev–Trinajstić information content (AvgIpc) is 2.41. The van der Waals surface area contributed by atoms with Crippen LogP contribution in [0.5, 0.6) is 5.75 Å². The summed E-state index contributed by atoms with van der Waals surface area (Å²) in [4.78, 5) is 12.1. The van der Waals surface area contributed by atoms with Gasteiger partial charge in [0.2, 0.25) is 0 Å². The molecule has 0 aromatic heterocycles. The number of ether oxygens (including phenoxy) is 1. The molecule has 0 aliphatic heterocycles. The molecule has 0 bridgehead atoms. The molecule has 0 heterocycles. The number of nitrogens with one attached hydrogen (secondary N) is 2. The number of hydrogen-bond donors (Lipinski definition) is 2. The van der Waals surface area contributed by atoms with Gasteiger partial charge in [0.1, 0.15) is 5.75 Å². The van der Waals surface area contributed by atoms with Crippen LogP contribution in [0, 0.1) is 0 Å². The highest BCUT2D eigenvalue weighted by Crippen LogP contribution is 2.27. The Labute approximate surface area is 135 Å². The highest BCUT2D eigenvalue weighted by molar-refractivity contribution is 9.10. The molecule has 0 fully saturated rings. The van der Waals surface area contributed by atoms with Crippen LogP contribution in [0.3, 0.4) is 0 Å². The van der Waals surface area contributed by atoms with Crippen LogP contribution in [0.25, 0.3) is 0 Å². The number of hydrogen-bond acceptors (Lipinski definition) is 3. The van der Waals surface area contributed by atoms with E-state index in [1.54, 1.807) is 6.92 Å². The summed E-state index contributed by atoms with van der Waals surface area (Å²) in [5.41, 5.74) is 0.934. The van der Waals surface area contributed by atoms with Gasteiger partial charge in [-0.05, 0) is 67.9 Å². The number of benzene rings is 1. The maximum absolute atomic E-state index is 12.1. The molecule has 0 saturated heterocycles. The van der Waals surface area contributed by atoms with Crippen molar-refractivity contribution in [3.63, 3.8) is 0 Å². The summed E-state index contributed by atoms with van der Waals surface area (Å²) in [6, 6.07) is 5.86. The molecule has 0 spiro atoms. The van der Waals surface area contributed by atoms with Crippen molar-refractivity contribution in [2.45, 2.75) is 52.3 Å². The molecule has 1 unspecified atom stereocenters. The van der Waals surface area contributed by atoms with E-state index in [0.29, 0.717) is 5.75 Å². The highest BCUT2D eigenvalue weighted by atomic mass is 79.9. The minimum Gasteiger partial charge on any atom is -0.480 e. The Morgan fingerprint density at radius 3 is 2.62 bits per heavy atom. The zero-order valence-corrected chi connectivity index (χ0v) is 15.0. The highest BCUT2D eigenvalue weighted by Gasteiger charge is 2.23. The van der Waals surface area contributed by atoms with E-state index in [1.165, 1.54) is 0 Å². The molecule has 118 valence electrons. The Balaban J connectivity index is 2.70. The van der Waals surface area contributed by atoms with Gasteiger partial charge in [-0.25, -0.2) is 0 Å². The van der Waals surface area contributed by atoms with Crippen LogP contribution in [0.4, 0.5) is 0 Å². The van der Waals surface area contributed by atoms with Crippen LogP contribution in [-0.4, -0.2) is 24.6 Å². The van der Waals surface area contributed by atoms with Gasteiger partial charge in [0.15, 0.2) is 6.10 Å². The fraction of sp³-hybridized carbons (Fsp3) is 0.562. The fourth-order valence-electron chi connectivity index (χ4n) is 1.72. The normalized spacial score (nSPS) is 12.9. The van der Waals surface area contributed by atoms with Crippen molar-refractivity contribution in [1.82, 2.24) is 10.6 Å². The second-order valence-corrected chi connectivity index (χ2v) is 6.64. The predicted octanol–water partition coefficient (Wildman–Crippen LogP) is 3.24. The number of halogens is 1. The summed E-state index contributed by atoms with van der Waals surface area (Å²) >= 11 is 3.49. The standard InChI is InChI=1S/C16H25BrN2O2/c1-6-16(3,4)19-15(20)11(2)21-14-8-7-12(10-18-5)9-13(14)17/h7-9,11,18H,6,10H2,1-5H3,(H,19,20). The van der Waals surface area contributed by atoms with Crippen LogP contribution in [0.1, 0.15) is 39.7 Å². The van der Waals surface area contributed by atoms with Crippen LogP contribution in [0.15, 0.2) is 22.7 Å². The van der Waals surface area contributed by atoms with Gasteiger partial charge >= 0.3 is 0 Å². The van der Waals surface area contributed by atoms with Gasteiger partial charge in [0.25, 0.3) is 5.91 Å². The van der Waals surface area contributed by atoms with Crippen molar-refractivity contribution < 1.29 is 9.53 Å². The predicted molar refractivity (Wildman–Crippen MR) is 89.5 cm³/mol. The van der Waals surface area contributed by atoms with Gasteiger partial charge in [0.05, 0.1) is 4.47 Å². The zero-order chi connectivity index (χ0) is 16.0. The topological polar surface area (TPSA) is 50.4 Å². The van der Waals surface area contributed by atoms with Crippen molar-refractivity contribution >= 4 is 21.8 Å². The summed E-state index contributed by atoms with van der Waals surface area (Å²) in [5, 5.41) is 6.08. The SMILES string of the molecule is CCC(C)(C)NC(=O)C(C)Oc1ccc(CNC)cc1Br. The second-order valence-electron chi connectivity index (χ2n) is 5.78. The van der Waals surface area contributed by atoms with Crippen LogP contribution >= 0.6 is 15.9 Å². The van der Waals surface area contributed by atoms with Gasteiger partial charge in [-0.15, -0.1) is 0 Å². The van der Waals surface area contributed by atoms with E-state index in [-0.39, 0.29) is 11.4 Å². The summed E-state index contributed by atoms with van der Waals surface area (Å²) in [7, 11) is 1.90. The van der Waals surface area contributed by atoms with Crippen LogP contribution in [-0.2, 0) is 11.3 Å². The average molecular weight is 357 g/mol. The minimum atomic E-state index is -0.540. The lowest BCUT2D eigenvalue weighted by Crippen LogP contribution is -2.48. The largest absolute Gasteiger partial charge is 0.480 e. The van der Waals surface area contributed by atoms with E-state index in [9.17, 15) is 4.79 Å². The molecule has 5 heteroatoms. The first-order valence-electron chi connectivity index (χ1n) is 7.20. The van der Waals surface area contributed by atoms with Crippen molar-refractivity contribution in [3.8, 4) is 5.75 Å². The van der Waals surface area contributed by atoms with Gasteiger partial charge in [0, 0.05) is 12.1 Å². The Kier molecular flexibility index (Phi) is 6.68. The van der Waals surface area contributed by atoms with Gasteiger partial charge in [-0.2, -0.15) is 0 Å². The van der Waals surface area contributed by atoms with E-state index in [1.807, 2.05) is 46.0 Å². The summed E-state index contributed by atoms with van der Waals surface area (Å²) in [6.45, 7) is 8.59. The van der Waals surface area contributed by atoms with Crippen molar-refractivity contribution in [2.75, 3.05) is 7.05 Å². The lowest BCUT2D eigenvalue weighted by molar-refractivity contribution is -0.129. The monoisotopic (exact) mass is 356 g/mol. The third-order valence-electron chi connectivity index (χ3n) is 3.40. The van der Waals surface area contributed by atoms with Crippen LogP contribution in [0.2, 0.25) is 0 Å². The molecule has 0 saturated carbocycles. The first kappa shape index (κ1) is 18.0. The van der Waals surface area contributed by atoms with Gasteiger partial charge in [-0.1, -0.05) is 13.0 Å². The quantitative estimate of drug-likeness (QED) is 0.788. The molecule has 1 atom stereocenters. The molecule has 1 aromatic carbocycles. The molecule has 1 aromatic rings. The Hall–Kier alpha value is -1.07. The van der Waals surface area contributed by atoms with Crippen molar-refractivity contribution in [1.29, 1.82) is 0 Å². The lowest BCUT2D eigenvalue weighted by atomic mass is 10.0. The molecular formula is C16H25BrN2O2. The molecular weight excluding hydrogens is 332 g/mol. The van der Waals surface area contributed by atoms with Gasteiger partial charge in [-0.3, -0.25) is 4.79 Å². The van der Waals surface area contributed by atoms with Crippen LogP contribution < -0.4 is 15.4 Å². The maximum atomic E-state index is 12.1. The molecule has 1 rings (SSSR count). The number of rotatable bonds is 7. The zero-order valence-electron chi connectivity index (χ0n) is 13.4. The first-order chi connectivity index (χ1) is 9.79. The lowest BCUT2D eigenvalue weighted by Gasteiger charge is -2.26. The van der Waals surface area contributed by atoms with Gasteiger partial charge < -0.3 is 15.4 Å². The molecule has 0 aliphatic rings. The Morgan fingerprint density at radius 2 is 2.10 bits per heavy atom. The smallest absolute Gasteiger partial charge is 0.261 e. The summed E-state index contributed by atoms with van der Waals surface area (Å²) in [6.07, 6.45) is 0.329. The molecule has 2 N–H and O–H groups in total. The fourth-order valence-corrected chi connectivity index (χ4v) is 2.24. The summed E-state index contributed by atoms with van der Waals surface area (Å²) < 4.78 is 6.60. The third kappa shape index (κ3) is 5.67. The van der Waals surface area contributed by atoms with E-state index in [2.05, 4.69) is 26.6 Å². The minimum absolute atomic E-state index is 0.104. The van der Waals surface area contributed by atoms with E-state index in [0.717, 1.165) is 23.0 Å². The molecule has 21 heavy (non-hydrogen) atoms. The molecule has 0 radical (unpaired) electrons.